The van der Waals surface area contributed by atoms with Crippen molar-refractivity contribution in [3.05, 3.63) is 35.4 Å². The molecule has 150 valence electrons. The average molecular weight is 376 g/mol. The van der Waals surface area contributed by atoms with E-state index in [1.807, 2.05) is 6.07 Å². The number of aromatic hydroxyl groups is 1. The number of likely N-dealkylation sites (N-methyl/N-ethyl adjacent to an activating group) is 1. The van der Waals surface area contributed by atoms with Gasteiger partial charge in [-0.2, -0.15) is 0 Å². The summed E-state index contributed by atoms with van der Waals surface area (Å²) in [6, 6.07) is 4.55. The number of phenolic OH excluding ortho intramolecular Hbond substituents is 1. The second kappa shape index (κ2) is 8.21. The van der Waals surface area contributed by atoms with Gasteiger partial charge >= 0.3 is 0 Å². The lowest BCUT2D eigenvalue weighted by molar-refractivity contribution is 0.0601. The molecule has 0 radical (unpaired) electrons. The van der Waals surface area contributed by atoms with Crippen LogP contribution in [-0.2, 0) is 21.3 Å². The summed E-state index contributed by atoms with van der Waals surface area (Å²) in [6.07, 6.45) is 8.83. The lowest BCUT2D eigenvalue weighted by Gasteiger charge is -2.51. The molecule has 27 heavy (non-hydrogen) atoms. The number of rotatable bonds is 2. The van der Waals surface area contributed by atoms with E-state index in [4.69, 9.17) is 9.47 Å². The van der Waals surface area contributed by atoms with E-state index in [-0.39, 0.29) is 11.5 Å². The minimum Gasteiger partial charge on any atom is -0.504 e. The van der Waals surface area contributed by atoms with E-state index >= 15 is 0 Å². The Morgan fingerprint density at radius 3 is 2.56 bits per heavy atom. The predicted molar refractivity (Wildman–Crippen MR) is 107 cm³/mol. The van der Waals surface area contributed by atoms with Gasteiger partial charge in [-0.15, -0.1) is 0 Å². The quantitative estimate of drug-likeness (QED) is 0.805. The van der Waals surface area contributed by atoms with Crippen LogP contribution in [0, 0.1) is 5.92 Å². The molecule has 5 heteroatoms. The van der Waals surface area contributed by atoms with Crippen LogP contribution >= 0.6 is 0 Å². The van der Waals surface area contributed by atoms with Gasteiger partial charge in [-0.05, 0) is 50.9 Å². The number of nitrogens with zero attached hydrogens (tertiary/aromatic N) is 1. The van der Waals surface area contributed by atoms with Gasteiger partial charge in [0.15, 0.2) is 11.5 Å². The van der Waals surface area contributed by atoms with Crippen molar-refractivity contribution in [1.82, 2.24) is 4.90 Å². The molecule has 1 N–H and O–H groups in total. The molecule has 0 saturated carbocycles. The van der Waals surface area contributed by atoms with Crippen LogP contribution in [0.5, 0.6) is 11.5 Å². The second-order valence-corrected chi connectivity index (χ2v) is 7.96. The molecule has 1 heterocycles. The maximum Gasteiger partial charge on any atom is 0.161 e. The van der Waals surface area contributed by atoms with Crippen LogP contribution in [0.25, 0.3) is 0 Å². The lowest BCUT2D eigenvalue weighted by atomic mass is 9.55. The van der Waals surface area contributed by atoms with Gasteiger partial charge in [-0.3, -0.25) is 0 Å². The molecule has 1 aromatic rings. The van der Waals surface area contributed by atoms with E-state index in [1.165, 1.54) is 5.56 Å². The van der Waals surface area contributed by atoms with Crippen molar-refractivity contribution in [1.29, 1.82) is 0 Å². The van der Waals surface area contributed by atoms with Gasteiger partial charge in [-0.25, -0.2) is 0 Å². The van der Waals surface area contributed by atoms with E-state index in [0.29, 0.717) is 23.5 Å². The number of likely N-dealkylation sites (tertiary alicyclic amines) is 1. The summed E-state index contributed by atoms with van der Waals surface area (Å²) in [5.41, 5.74) is 2.33. The van der Waals surface area contributed by atoms with Gasteiger partial charge in [0.1, 0.15) is 0 Å². The van der Waals surface area contributed by atoms with Crippen LogP contribution < -0.4 is 4.74 Å². The Bertz CT molecular complexity index is 689. The van der Waals surface area contributed by atoms with E-state index in [0.717, 1.165) is 37.8 Å². The lowest BCUT2D eigenvalue weighted by Crippen LogP contribution is -2.53. The van der Waals surface area contributed by atoms with Crippen molar-refractivity contribution in [2.24, 2.45) is 5.92 Å². The molecule has 5 nitrogen and oxygen atoms in total. The van der Waals surface area contributed by atoms with Crippen molar-refractivity contribution >= 4 is 0 Å². The smallest absolute Gasteiger partial charge is 0.161 e. The number of phenols is 1. The summed E-state index contributed by atoms with van der Waals surface area (Å²) >= 11 is 0. The summed E-state index contributed by atoms with van der Waals surface area (Å²) in [4.78, 5) is 2.51. The second-order valence-electron chi connectivity index (χ2n) is 7.96. The molecule has 1 fully saturated rings. The molecule has 1 saturated heterocycles. The Balaban J connectivity index is 0.000000659. The summed E-state index contributed by atoms with van der Waals surface area (Å²) in [5.74, 6) is 1.34. The van der Waals surface area contributed by atoms with Crippen LogP contribution in [0.15, 0.2) is 24.3 Å². The van der Waals surface area contributed by atoms with Crippen molar-refractivity contribution in [3.8, 4) is 11.5 Å². The zero-order valence-corrected chi connectivity index (χ0v) is 17.2. The van der Waals surface area contributed by atoms with E-state index in [9.17, 15) is 5.11 Å². The normalized spacial score (nSPS) is 31.8. The molecule has 1 aromatic carbocycles. The number of fused-ring (bicyclic) bond motifs is 1. The van der Waals surface area contributed by atoms with Crippen LogP contribution in [0.2, 0.25) is 0 Å². The third-order valence-corrected chi connectivity index (χ3v) is 6.53. The van der Waals surface area contributed by atoms with Gasteiger partial charge < -0.3 is 24.2 Å². The highest BCUT2D eigenvalue weighted by molar-refractivity contribution is 5.57. The van der Waals surface area contributed by atoms with E-state index < -0.39 is 0 Å². The van der Waals surface area contributed by atoms with Crippen molar-refractivity contribution in [2.75, 3.05) is 42.0 Å². The highest BCUT2D eigenvalue weighted by Gasteiger charge is 2.53. The molecule has 0 aromatic heterocycles. The van der Waals surface area contributed by atoms with Crippen molar-refractivity contribution in [2.45, 2.75) is 43.2 Å². The highest BCUT2D eigenvalue weighted by atomic mass is 16.5. The zero-order valence-electron chi connectivity index (χ0n) is 17.2. The number of ether oxygens (including phenoxy) is 3. The molecule has 4 rings (SSSR count). The third-order valence-electron chi connectivity index (χ3n) is 6.53. The number of methoxy groups -OCH3 is 3. The Kier molecular flexibility index (Phi) is 6.14. The van der Waals surface area contributed by atoms with Crippen LogP contribution in [0.1, 0.15) is 30.4 Å². The molecule has 3 aliphatic rings. The fraction of sp³-hybridized carbons (Fsp3) is 0.636. The largest absolute Gasteiger partial charge is 0.504 e. The van der Waals surface area contributed by atoms with Crippen LogP contribution in [0.3, 0.4) is 0 Å². The first-order valence-electron chi connectivity index (χ1n) is 9.73. The Morgan fingerprint density at radius 2 is 1.89 bits per heavy atom. The summed E-state index contributed by atoms with van der Waals surface area (Å²) in [6.45, 7) is 1.11. The van der Waals surface area contributed by atoms with Crippen molar-refractivity contribution in [3.63, 3.8) is 0 Å². The minimum absolute atomic E-state index is 0.0585. The maximum absolute atomic E-state index is 11.0. The predicted octanol–water partition coefficient (Wildman–Crippen LogP) is 3.14. The standard InChI is InChI=1S/C20H27NO3.C2H6O/c1-21-10-4-9-20-12-14(23-2)6-7-15(20)16(21)11-13-5-8-17(24-3)19(22)18(13)20;1-3-2/h5-8,14-16,22H,4,9-12H2,1-3H3;1-2H3. The summed E-state index contributed by atoms with van der Waals surface area (Å²) in [5, 5.41) is 11.0. The Labute approximate surface area is 162 Å². The molecule has 2 bridgehead atoms. The van der Waals surface area contributed by atoms with Gasteiger partial charge in [0.25, 0.3) is 0 Å². The Hall–Kier alpha value is -1.56. The molecule has 0 amide bonds. The molecular formula is C22H33NO4. The minimum atomic E-state index is -0.0585. The molecule has 1 aliphatic heterocycles. The molecule has 2 aliphatic carbocycles. The van der Waals surface area contributed by atoms with Gasteiger partial charge in [-0.1, -0.05) is 18.2 Å². The van der Waals surface area contributed by atoms with Gasteiger partial charge in [0.2, 0.25) is 0 Å². The number of hydrogen-bond acceptors (Lipinski definition) is 5. The van der Waals surface area contributed by atoms with E-state index in [1.54, 1.807) is 28.4 Å². The van der Waals surface area contributed by atoms with Gasteiger partial charge in [0.05, 0.1) is 13.2 Å². The molecule has 4 atom stereocenters. The Morgan fingerprint density at radius 1 is 1.15 bits per heavy atom. The first kappa shape index (κ1) is 20.2. The number of hydrogen-bond donors (Lipinski definition) is 1. The fourth-order valence-electron chi connectivity index (χ4n) is 5.41. The zero-order chi connectivity index (χ0) is 19.6. The molecule has 0 spiro atoms. The molecule has 4 unspecified atom stereocenters. The number of benzene rings is 1. The maximum atomic E-state index is 11.0. The fourth-order valence-corrected chi connectivity index (χ4v) is 5.41. The third kappa shape index (κ3) is 3.37. The summed E-state index contributed by atoms with van der Waals surface area (Å²) < 4.78 is 15.4. The van der Waals surface area contributed by atoms with Gasteiger partial charge in [0, 0.05) is 44.3 Å². The van der Waals surface area contributed by atoms with Crippen LogP contribution in [-0.4, -0.2) is 64.2 Å². The monoisotopic (exact) mass is 375 g/mol. The first-order valence-corrected chi connectivity index (χ1v) is 9.73. The highest BCUT2D eigenvalue weighted by Crippen LogP contribution is 2.57. The van der Waals surface area contributed by atoms with Crippen molar-refractivity contribution < 1.29 is 19.3 Å². The average Bonchev–Trinajstić information content (AvgIpc) is 2.76. The van der Waals surface area contributed by atoms with Crippen LogP contribution in [0.4, 0.5) is 0 Å². The SMILES string of the molecule is COC.COc1ccc2c(c1O)C13CCCN(C)C(C2)C1C=CC(OC)C3. The molecular weight excluding hydrogens is 342 g/mol. The first-order chi connectivity index (χ1) is 13.0. The summed E-state index contributed by atoms with van der Waals surface area (Å²) in [7, 11) is 8.90. The van der Waals surface area contributed by atoms with E-state index in [2.05, 4.69) is 34.9 Å². The topological polar surface area (TPSA) is 51.2 Å².